The van der Waals surface area contributed by atoms with Gasteiger partial charge in [-0.25, -0.2) is 8.42 Å². The molecule has 5 nitrogen and oxygen atoms in total. The van der Waals surface area contributed by atoms with E-state index in [1.54, 1.807) is 0 Å². The summed E-state index contributed by atoms with van der Waals surface area (Å²) in [6.07, 6.45) is 1.22. The van der Waals surface area contributed by atoms with Crippen LogP contribution in [0, 0.1) is 0 Å². The van der Waals surface area contributed by atoms with Gasteiger partial charge in [0.2, 0.25) is 10.0 Å². The monoisotopic (exact) mass is 242 g/mol. The standard InChI is InChI=1S/C10H14N2O3S/c1-16(14,15)12-10(13)9(11)7-8-5-3-2-4-6-8/h2-6,9H,7,11H2,1H3,(H,12,13). The predicted octanol–water partition coefficient (Wildman–Crippen LogP) is -0.368. The topological polar surface area (TPSA) is 89.3 Å². The van der Waals surface area contributed by atoms with Crippen molar-refractivity contribution in [3.8, 4) is 0 Å². The van der Waals surface area contributed by atoms with Crippen molar-refractivity contribution >= 4 is 15.9 Å². The second-order valence-electron chi connectivity index (χ2n) is 3.53. The Morgan fingerprint density at radius 1 is 1.38 bits per heavy atom. The molecule has 0 aliphatic carbocycles. The molecule has 16 heavy (non-hydrogen) atoms. The molecule has 1 atom stereocenters. The van der Waals surface area contributed by atoms with Gasteiger partial charge in [-0.2, -0.15) is 0 Å². The highest BCUT2D eigenvalue weighted by Crippen LogP contribution is 2.01. The highest BCUT2D eigenvalue weighted by Gasteiger charge is 2.17. The Morgan fingerprint density at radius 3 is 2.44 bits per heavy atom. The van der Waals surface area contributed by atoms with Crippen molar-refractivity contribution in [2.24, 2.45) is 5.73 Å². The Bertz CT molecular complexity index is 456. The van der Waals surface area contributed by atoms with Gasteiger partial charge in [-0.05, 0) is 12.0 Å². The second kappa shape index (κ2) is 5.09. The van der Waals surface area contributed by atoms with Crippen LogP contribution < -0.4 is 10.5 Å². The minimum Gasteiger partial charge on any atom is -0.320 e. The zero-order valence-corrected chi connectivity index (χ0v) is 9.70. The van der Waals surface area contributed by atoms with Gasteiger partial charge in [-0.1, -0.05) is 30.3 Å². The number of rotatable bonds is 4. The first kappa shape index (κ1) is 12.7. The number of sulfonamides is 1. The maximum atomic E-state index is 11.3. The number of nitrogens with one attached hydrogen (secondary N) is 1. The van der Waals surface area contributed by atoms with Crippen molar-refractivity contribution in [1.82, 2.24) is 4.72 Å². The first-order chi connectivity index (χ1) is 7.38. The van der Waals surface area contributed by atoms with Gasteiger partial charge in [0, 0.05) is 0 Å². The van der Waals surface area contributed by atoms with Crippen molar-refractivity contribution in [3.05, 3.63) is 35.9 Å². The molecule has 0 bridgehead atoms. The highest BCUT2D eigenvalue weighted by molar-refractivity contribution is 7.89. The molecule has 0 saturated heterocycles. The molecule has 0 aromatic heterocycles. The first-order valence-corrected chi connectivity index (χ1v) is 6.59. The summed E-state index contributed by atoms with van der Waals surface area (Å²) in [6, 6.07) is 8.30. The van der Waals surface area contributed by atoms with Crippen molar-refractivity contribution < 1.29 is 13.2 Å². The average Bonchev–Trinajstić information content (AvgIpc) is 2.16. The van der Waals surface area contributed by atoms with Crippen LogP contribution in [0.2, 0.25) is 0 Å². The van der Waals surface area contributed by atoms with Crippen LogP contribution in [0.15, 0.2) is 30.3 Å². The van der Waals surface area contributed by atoms with Gasteiger partial charge >= 0.3 is 0 Å². The normalized spacial score (nSPS) is 13.1. The summed E-state index contributed by atoms with van der Waals surface area (Å²) in [6.45, 7) is 0. The van der Waals surface area contributed by atoms with Crippen LogP contribution in [-0.2, 0) is 21.2 Å². The van der Waals surface area contributed by atoms with Crippen LogP contribution in [0.5, 0.6) is 0 Å². The number of nitrogens with two attached hydrogens (primary N) is 1. The maximum absolute atomic E-state index is 11.3. The van der Waals surface area contributed by atoms with E-state index in [0.717, 1.165) is 11.8 Å². The number of benzene rings is 1. The third-order valence-corrected chi connectivity index (χ3v) is 2.49. The van der Waals surface area contributed by atoms with E-state index in [4.69, 9.17) is 5.73 Å². The van der Waals surface area contributed by atoms with Gasteiger partial charge in [0.05, 0.1) is 12.3 Å². The second-order valence-corrected chi connectivity index (χ2v) is 5.28. The molecule has 0 heterocycles. The van der Waals surface area contributed by atoms with Crippen molar-refractivity contribution in [1.29, 1.82) is 0 Å². The fourth-order valence-corrected chi connectivity index (χ4v) is 1.74. The smallest absolute Gasteiger partial charge is 0.250 e. The largest absolute Gasteiger partial charge is 0.320 e. The lowest BCUT2D eigenvalue weighted by atomic mass is 10.1. The highest BCUT2D eigenvalue weighted by atomic mass is 32.2. The van der Waals surface area contributed by atoms with Crippen LogP contribution in [-0.4, -0.2) is 26.6 Å². The average molecular weight is 242 g/mol. The minimum atomic E-state index is -3.54. The molecule has 88 valence electrons. The van der Waals surface area contributed by atoms with Crippen LogP contribution in [0.1, 0.15) is 5.56 Å². The molecule has 0 aliphatic heterocycles. The fourth-order valence-electron chi connectivity index (χ4n) is 1.22. The lowest BCUT2D eigenvalue weighted by Crippen LogP contribution is -2.44. The van der Waals surface area contributed by atoms with Crippen LogP contribution in [0.3, 0.4) is 0 Å². The van der Waals surface area contributed by atoms with E-state index in [2.05, 4.69) is 0 Å². The van der Waals surface area contributed by atoms with E-state index >= 15 is 0 Å². The number of amides is 1. The van der Waals surface area contributed by atoms with Crippen molar-refractivity contribution in [2.45, 2.75) is 12.5 Å². The minimum absolute atomic E-state index is 0.308. The number of hydrogen-bond acceptors (Lipinski definition) is 4. The Labute approximate surface area is 94.7 Å². The number of carbonyl (C=O) groups excluding carboxylic acids is 1. The quantitative estimate of drug-likeness (QED) is 0.754. The Balaban J connectivity index is 2.60. The van der Waals surface area contributed by atoms with Crippen molar-refractivity contribution in [3.63, 3.8) is 0 Å². The molecule has 0 spiro atoms. The molecule has 6 heteroatoms. The summed E-state index contributed by atoms with van der Waals surface area (Å²) in [5.41, 5.74) is 6.47. The van der Waals surface area contributed by atoms with E-state index in [9.17, 15) is 13.2 Å². The van der Waals surface area contributed by atoms with Gasteiger partial charge in [-0.3, -0.25) is 9.52 Å². The lowest BCUT2D eigenvalue weighted by Gasteiger charge is -2.10. The predicted molar refractivity (Wildman–Crippen MR) is 61.1 cm³/mol. The molecule has 1 aromatic rings. The third-order valence-electron chi connectivity index (χ3n) is 1.92. The summed E-state index contributed by atoms with van der Waals surface area (Å²) in [7, 11) is -3.54. The number of hydrogen-bond donors (Lipinski definition) is 2. The molecule has 0 radical (unpaired) electrons. The molecule has 0 fully saturated rings. The summed E-state index contributed by atoms with van der Waals surface area (Å²) in [5, 5.41) is 0. The van der Waals surface area contributed by atoms with E-state index in [1.165, 1.54) is 0 Å². The van der Waals surface area contributed by atoms with Gasteiger partial charge in [0.1, 0.15) is 0 Å². The zero-order chi connectivity index (χ0) is 12.2. The van der Waals surface area contributed by atoms with E-state index in [0.29, 0.717) is 6.42 Å². The maximum Gasteiger partial charge on any atom is 0.250 e. The first-order valence-electron chi connectivity index (χ1n) is 4.69. The molecular formula is C10H14N2O3S. The van der Waals surface area contributed by atoms with Gasteiger partial charge in [0.25, 0.3) is 5.91 Å². The fraction of sp³-hybridized carbons (Fsp3) is 0.300. The summed E-state index contributed by atoms with van der Waals surface area (Å²) < 4.78 is 23.5. The molecule has 1 aromatic carbocycles. The van der Waals surface area contributed by atoms with Gasteiger partial charge in [-0.15, -0.1) is 0 Å². The molecule has 1 rings (SSSR count). The lowest BCUT2D eigenvalue weighted by molar-refractivity contribution is -0.120. The summed E-state index contributed by atoms with van der Waals surface area (Å²) in [5.74, 6) is -0.689. The van der Waals surface area contributed by atoms with Gasteiger partial charge in [0.15, 0.2) is 0 Å². The Kier molecular flexibility index (Phi) is 4.03. The van der Waals surface area contributed by atoms with Crippen LogP contribution >= 0.6 is 0 Å². The third kappa shape index (κ3) is 4.41. The Hall–Kier alpha value is -1.40. The zero-order valence-electron chi connectivity index (χ0n) is 8.88. The SMILES string of the molecule is CS(=O)(=O)NC(=O)C(N)Cc1ccccc1. The van der Waals surface area contributed by atoms with E-state index in [-0.39, 0.29) is 0 Å². The molecule has 1 amide bonds. The van der Waals surface area contributed by atoms with Crippen LogP contribution in [0.25, 0.3) is 0 Å². The Morgan fingerprint density at radius 2 is 1.94 bits per heavy atom. The summed E-state index contributed by atoms with van der Waals surface area (Å²) in [4.78, 5) is 11.3. The van der Waals surface area contributed by atoms with E-state index in [1.807, 2.05) is 35.1 Å². The molecule has 0 aliphatic rings. The van der Waals surface area contributed by atoms with E-state index < -0.39 is 22.0 Å². The van der Waals surface area contributed by atoms with Gasteiger partial charge < -0.3 is 5.73 Å². The molecule has 3 N–H and O–H groups in total. The number of carbonyl (C=O) groups is 1. The molecule has 1 unspecified atom stereocenters. The van der Waals surface area contributed by atoms with Crippen LogP contribution in [0.4, 0.5) is 0 Å². The summed E-state index contributed by atoms with van der Waals surface area (Å²) >= 11 is 0. The van der Waals surface area contributed by atoms with Crippen molar-refractivity contribution in [2.75, 3.05) is 6.26 Å². The molecule has 0 saturated carbocycles. The molecular weight excluding hydrogens is 228 g/mol.